The van der Waals surface area contributed by atoms with E-state index in [1.54, 1.807) is 0 Å². The van der Waals surface area contributed by atoms with Crippen LogP contribution in [0.5, 0.6) is 5.75 Å². The van der Waals surface area contributed by atoms with Crippen LogP contribution in [-0.2, 0) is 9.47 Å². The quantitative estimate of drug-likeness (QED) is 0.606. The van der Waals surface area contributed by atoms with E-state index in [0.29, 0.717) is 17.9 Å². The molecule has 0 saturated carbocycles. The summed E-state index contributed by atoms with van der Waals surface area (Å²) >= 11 is 0. The summed E-state index contributed by atoms with van der Waals surface area (Å²) in [5, 5.41) is 0. The van der Waals surface area contributed by atoms with Crippen LogP contribution in [0.15, 0.2) is 24.3 Å². The largest absolute Gasteiger partial charge is 0.573 e. The lowest BCUT2D eigenvalue weighted by molar-refractivity contribution is -0.275. The minimum absolute atomic E-state index is 0.213. The normalized spacial score (nSPS) is 26.6. The van der Waals surface area contributed by atoms with Crippen molar-refractivity contribution in [1.29, 1.82) is 0 Å². The summed E-state index contributed by atoms with van der Waals surface area (Å²) in [4.78, 5) is 0. The monoisotopic (exact) mass is 388 g/mol. The van der Waals surface area contributed by atoms with Gasteiger partial charge in [-0.15, -0.1) is 13.2 Å². The van der Waals surface area contributed by atoms with Crippen LogP contribution in [0, 0.1) is 17.7 Å². The fraction of sp³-hybridized carbons (Fsp3) is 0.600. The third-order valence-electron chi connectivity index (χ3n) is 5.05. The number of allylic oxidation sites excluding steroid dienone is 2. The van der Waals surface area contributed by atoms with Gasteiger partial charge >= 0.3 is 6.36 Å². The second kappa shape index (κ2) is 8.61. The summed E-state index contributed by atoms with van der Waals surface area (Å²) in [6.45, 7) is 3.58. The van der Waals surface area contributed by atoms with E-state index in [4.69, 9.17) is 9.47 Å². The van der Waals surface area contributed by atoms with E-state index in [1.165, 1.54) is 6.07 Å². The summed E-state index contributed by atoms with van der Waals surface area (Å²) in [7, 11) is 0. The Morgan fingerprint density at radius 2 is 1.93 bits per heavy atom. The first-order chi connectivity index (χ1) is 12.9. The molecule has 1 heterocycles. The first-order valence-electron chi connectivity index (χ1n) is 9.33. The average Bonchev–Trinajstić information content (AvgIpc) is 2.63. The van der Waals surface area contributed by atoms with Gasteiger partial charge in [0.1, 0.15) is 0 Å². The Balaban J connectivity index is 1.58. The fourth-order valence-corrected chi connectivity index (χ4v) is 3.68. The van der Waals surface area contributed by atoms with Crippen molar-refractivity contribution in [3.8, 4) is 5.75 Å². The molecule has 150 valence electrons. The van der Waals surface area contributed by atoms with E-state index in [-0.39, 0.29) is 12.2 Å². The third-order valence-corrected chi connectivity index (χ3v) is 5.05. The van der Waals surface area contributed by atoms with Crippen molar-refractivity contribution < 1.29 is 31.8 Å². The molecule has 27 heavy (non-hydrogen) atoms. The van der Waals surface area contributed by atoms with Gasteiger partial charge in [-0.2, -0.15) is 0 Å². The van der Waals surface area contributed by atoms with Gasteiger partial charge in [-0.05, 0) is 49.0 Å². The van der Waals surface area contributed by atoms with Crippen molar-refractivity contribution in [3.63, 3.8) is 0 Å². The first kappa shape index (κ1) is 20.1. The molecule has 0 radical (unpaired) electrons. The van der Waals surface area contributed by atoms with E-state index in [1.807, 2.05) is 6.08 Å². The molecule has 1 saturated heterocycles. The van der Waals surface area contributed by atoms with Crippen LogP contribution in [0.25, 0.3) is 5.57 Å². The predicted octanol–water partition coefficient (Wildman–Crippen LogP) is 5.70. The highest BCUT2D eigenvalue weighted by Gasteiger charge is 2.33. The lowest BCUT2D eigenvalue weighted by atomic mass is 9.86. The zero-order chi connectivity index (χ0) is 19.4. The van der Waals surface area contributed by atoms with Gasteiger partial charge < -0.3 is 14.2 Å². The van der Waals surface area contributed by atoms with Gasteiger partial charge in [0.15, 0.2) is 17.9 Å². The summed E-state index contributed by atoms with van der Waals surface area (Å²) < 4.78 is 66.0. The van der Waals surface area contributed by atoms with Crippen molar-refractivity contribution in [1.82, 2.24) is 0 Å². The molecule has 1 unspecified atom stereocenters. The average molecular weight is 388 g/mol. The van der Waals surface area contributed by atoms with E-state index in [9.17, 15) is 17.6 Å². The van der Waals surface area contributed by atoms with Crippen molar-refractivity contribution in [2.45, 2.75) is 51.7 Å². The van der Waals surface area contributed by atoms with Crippen LogP contribution < -0.4 is 4.74 Å². The molecular weight excluding hydrogens is 364 g/mol. The van der Waals surface area contributed by atoms with E-state index >= 15 is 0 Å². The summed E-state index contributed by atoms with van der Waals surface area (Å²) in [5.74, 6) is -1.13. The molecule has 0 bridgehead atoms. The number of hydrogen-bond acceptors (Lipinski definition) is 3. The minimum atomic E-state index is -4.91. The molecule has 0 aromatic heterocycles. The van der Waals surface area contributed by atoms with Crippen LogP contribution in [0.3, 0.4) is 0 Å². The Labute approximate surface area is 156 Å². The second-order valence-electron chi connectivity index (χ2n) is 7.15. The molecular formula is C20H24F4O3. The maximum Gasteiger partial charge on any atom is 0.573 e. The molecule has 0 N–H and O–H groups in total. The maximum atomic E-state index is 13.9. The molecule has 1 aromatic rings. The Morgan fingerprint density at radius 3 is 2.48 bits per heavy atom. The zero-order valence-electron chi connectivity index (χ0n) is 15.2. The van der Waals surface area contributed by atoms with Gasteiger partial charge in [0, 0.05) is 11.8 Å². The van der Waals surface area contributed by atoms with Crippen molar-refractivity contribution in [2.75, 3.05) is 13.2 Å². The molecule has 1 aliphatic heterocycles. The second-order valence-corrected chi connectivity index (χ2v) is 7.15. The lowest BCUT2D eigenvalue weighted by Crippen LogP contribution is -2.37. The van der Waals surface area contributed by atoms with Gasteiger partial charge in [0.2, 0.25) is 0 Å². The highest BCUT2D eigenvalue weighted by atomic mass is 19.4. The van der Waals surface area contributed by atoms with Crippen molar-refractivity contribution >= 4 is 5.57 Å². The number of alkyl halides is 3. The number of benzene rings is 1. The molecule has 1 atom stereocenters. The molecule has 3 rings (SSSR count). The molecule has 0 spiro atoms. The first-order valence-corrected chi connectivity index (χ1v) is 9.33. The van der Waals surface area contributed by atoms with Gasteiger partial charge in [-0.1, -0.05) is 25.5 Å². The van der Waals surface area contributed by atoms with Crippen molar-refractivity contribution in [3.05, 3.63) is 35.7 Å². The third kappa shape index (κ3) is 5.45. The van der Waals surface area contributed by atoms with Gasteiger partial charge in [-0.25, -0.2) is 4.39 Å². The lowest BCUT2D eigenvalue weighted by Gasteiger charge is -2.35. The Morgan fingerprint density at radius 1 is 1.19 bits per heavy atom. The smallest absolute Gasteiger partial charge is 0.403 e. The van der Waals surface area contributed by atoms with Crippen LogP contribution >= 0.6 is 0 Å². The molecule has 1 fully saturated rings. The Bertz CT molecular complexity index is 664. The van der Waals surface area contributed by atoms with Gasteiger partial charge in [-0.3, -0.25) is 0 Å². The van der Waals surface area contributed by atoms with Crippen LogP contribution in [-0.4, -0.2) is 25.9 Å². The van der Waals surface area contributed by atoms with Crippen LogP contribution in [0.2, 0.25) is 0 Å². The number of rotatable bonds is 5. The SMILES string of the molecule is CCCC1COC(C2CC=C(c3ccc(OC(F)(F)F)c(F)c3)CC2)OC1. The standard InChI is InChI=1S/C20H24F4O3/c1-2-3-13-11-25-19(26-12-13)15-6-4-14(5-7-15)16-8-9-18(17(21)10-16)27-20(22,23)24/h4,8-10,13,15,19H,2-3,5-7,11-12H2,1H3. The molecule has 1 aromatic carbocycles. The maximum absolute atomic E-state index is 13.9. The molecule has 7 heteroatoms. The molecule has 3 nitrogen and oxygen atoms in total. The topological polar surface area (TPSA) is 27.7 Å². The van der Waals surface area contributed by atoms with E-state index < -0.39 is 17.9 Å². The summed E-state index contributed by atoms with van der Waals surface area (Å²) in [6.07, 6.45) is 1.36. The zero-order valence-corrected chi connectivity index (χ0v) is 15.2. The number of ether oxygens (including phenoxy) is 3. The van der Waals surface area contributed by atoms with Crippen LogP contribution in [0.1, 0.15) is 44.6 Å². The highest BCUT2D eigenvalue weighted by Crippen LogP contribution is 2.36. The predicted molar refractivity (Wildman–Crippen MR) is 92.5 cm³/mol. The summed E-state index contributed by atoms with van der Waals surface area (Å²) in [6, 6.07) is 3.57. The van der Waals surface area contributed by atoms with Crippen molar-refractivity contribution in [2.24, 2.45) is 11.8 Å². The number of halogens is 4. The molecule has 0 amide bonds. The van der Waals surface area contributed by atoms with Crippen LogP contribution in [0.4, 0.5) is 17.6 Å². The Hall–Kier alpha value is -1.60. The van der Waals surface area contributed by atoms with Gasteiger partial charge in [0.25, 0.3) is 0 Å². The van der Waals surface area contributed by atoms with Gasteiger partial charge in [0.05, 0.1) is 13.2 Å². The van der Waals surface area contributed by atoms with E-state index in [2.05, 4.69) is 11.7 Å². The fourth-order valence-electron chi connectivity index (χ4n) is 3.68. The van der Waals surface area contributed by atoms with E-state index in [0.717, 1.165) is 56.6 Å². The highest BCUT2D eigenvalue weighted by molar-refractivity contribution is 5.67. The summed E-state index contributed by atoms with van der Waals surface area (Å²) in [5.41, 5.74) is 1.50. The Kier molecular flexibility index (Phi) is 6.42. The number of hydrogen-bond donors (Lipinski definition) is 0. The molecule has 2 aliphatic rings. The minimum Gasteiger partial charge on any atom is -0.403 e. The molecule has 1 aliphatic carbocycles.